The minimum absolute atomic E-state index is 0.342. The summed E-state index contributed by atoms with van der Waals surface area (Å²) in [5, 5.41) is 0. The summed E-state index contributed by atoms with van der Waals surface area (Å²) in [6.45, 7) is 5.03. The molecule has 1 aliphatic heterocycles. The fraction of sp³-hybridized carbons (Fsp3) is 0.172. The Morgan fingerprint density at radius 2 is 1.48 bits per heavy atom. The van der Waals surface area contributed by atoms with Gasteiger partial charge in [-0.15, -0.1) is 0 Å². The van der Waals surface area contributed by atoms with E-state index < -0.39 is 0 Å². The van der Waals surface area contributed by atoms with Crippen LogP contribution in [0, 0.1) is 6.92 Å². The molecule has 0 saturated heterocycles. The molecule has 1 unspecified atom stereocenters. The first kappa shape index (κ1) is 20.0. The summed E-state index contributed by atoms with van der Waals surface area (Å²) in [5.41, 5.74) is 7.94. The van der Waals surface area contributed by atoms with Crippen LogP contribution in [0.5, 0.6) is 5.75 Å². The molecule has 0 amide bonds. The maximum Gasteiger partial charge on any atom is 0.122 e. The van der Waals surface area contributed by atoms with Gasteiger partial charge in [0.15, 0.2) is 0 Å². The van der Waals surface area contributed by atoms with Crippen molar-refractivity contribution in [3.63, 3.8) is 0 Å². The van der Waals surface area contributed by atoms with Gasteiger partial charge in [-0.2, -0.15) is 0 Å². The molecule has 154 valence electrons. The topological polar surface area (TPSA) is 9.23 Å². The van der Waals surface area contributed by atoms with Crippen LogP contribution < -0.4 is 4.74 Å². The average molecular weight is 423 g/mol. The molecule has 0 fully saturated rings. The van der Waals surface area contributed by atoms with E-state index in [0.29, 0.717) is 12.5 Å². The lowest BCUT2D eigenvalue weighted by Crippen LogP contribution is -2.03. The number of aryl methyl sites for hydroxylation is 1. The highest BCUT2D eigenvalue weighted by molar-refractivity contribution is 7.99. The Hall–Kier alpha value is -2.97. The quantitative estimate of drug-likeness (QED) is 0.286. The van der Waals surface area contributed by atoms with Crippen LogP contribution in [-0.2, 0) is 13.0 Å². The predicted octanol–water partition coefficient (Wildman–Crippen LogP) is 7.78. The molecule has 0 radical (unpaired) electrons. The lowest BCUT2D eigenvalue weighted by Gasteiger charge is -2.22. The molecule has 0 N–H and O–H groups in total. The van der Waals surface area contributed by atoms with Crippen LogP contribution in [0.2, 0.25) is 0 Å². The molecule has 1 atom stereocenters. The normalized spacial score (nSPS) is 13.2. The lowest BCUT2D eigenvalue weighted by molar-refractivity contribution is 0.304. The van der Waals surface area contributed by atoms with Crippen molar-refractivity contribution in [3.05, 3.63) is 124 Å². The molecule has 0 saturated carbocycles. The van der Waals surface area contributed by atoms with E-state index in [1.807, 2.05) is 30.0 Å². The molecule has 1 heterocycles. The Morgan fingerprint density at radius 3 is 2.32 bits per heavy atom. The van der Waals surface area contributed by atoms with E-state index in [1.165, 1.54) is 43.2 Å². The summed E-state index contributed by atoms with van der Waals surface area (Å²) in [4.78, 5) is 2.77. The number of hydrogen-bond acceptors (Lipinski definition) is 2. The maximum absolute atomic E-state index is 6.07. The summed E-state index contributed by atoms with van der Waals surface area (Å²) in [6, 6.07) is 32.7. The fourth-order valence-corrected chi connectivity index (χ4v) is 5.26. The third-order valence-electron chi connectivity index (χ3n) is 6.09. The summed E-state index contributed by atoms with van der Waals surface area (Å²) < 4.78 is 6.07. The first-order chi connectivity index (χ1) is 15.2. The Balaban J connectivity index is 1.33. The largest absolute Gasteiger partial charge is 0.489 e. The number of rotatable bonds is 5. The smallest absolute Gasteiger partial charge is 0.122 e. The first-order valence-electron chi connectivity index (χ1n) is 10.8. The maximum atomic E-state index is 6.07. The SMILES string of the molecule is Cc1cc(C(C)c2ccc3c(c2)Cc2ccccc2S3)ccc1OCc1ccccc1. The van der Waals surface area contributed by atoms with E-state index in [9.17, 15) is 0 Å². The highest BCUT2D eigenvalue weighted by atomic mass is 32.2. The number of ether oxygens (including phenoxy) is 1. The predicted molar refractivity (Wildman–Crippen MR) is 129 cm³/mol. The summed E-state index contributed by atoms with van der Waals surface area (Å²) in [6.07, 6.45) is 1.02. The van der Waals surface area contributed by atoms with Gasteiger partial charge >= 0.3 is 0 Å². The van der Waals surface area contributed by atoms with Crippen LogP contribution in [0.25, 0.3) is 0 Å². The Bertz CT molecular complexity index is 1210. The standard InChI is InChI=1S/C29H26OS/c1-20-16-23(12-14-27(20)30-19-22-8-4-3-5-9-22)21(2)24-13-15-29-26(17-24)18-25-10-6-7-11-28(25)31-29/h3-17,21H,18-19H2,1-2H3. The van der Waals surface area contributed by atoms with E-state index in [1.54, 1.807) is 0 Å². The van der Waals surface area contributed by atoms with Crippen molar-refractivity contribution in [1.82, 2.24) is 0 Å². The van der Waals surface area contributed by atoms with Crippen LogP contribution >= 0.6 is 11.8 Å². The fourth-order valence-electron chi connectivity index (χ4n) is 4.21. The van der Waals surface area contributed by atoms with E-state index >= 15 is 0 Å². The molecule has 2 heteroatoms. The third kappa shape index (κ3) is 4.26. The second-order valence-corrected chi connectivity index (χ2v) is 9.36. The molecular formula is C29H26OS. The molecule has 0 spiro atoms. The monoisotopic (exact) mass is 422 g/mol. The van der Waals surface area contributed by atoms with Crippen molar-refractivity contribution < 1.29 is 4.74 Å². The van der Waals surface area contributed by atoms with Gasteiger partial charge in [0.05, 0.1) is 0 Å². The molecule has 31 heavy (non-hydrogen) atoms. The molecule has 4 aromatic carbocycles. The molecule has 4 aromatic rings. The zero-order chi connectivity index (χ0) is 21.2. The van der Waals surface area contributed by atoms with Crippen molar-refractivity contribution in [2.45, 2.75) is 42.6 Å². The number of benzene rings is 4. The van der Waals surface area contributed by atoms with Crippen molar-refractivity contribution >= 4 is 11.8 Å². The molecule has 1 nitrogen and oxygen atoms in total. The van der Waals surface area contributed by atoms with Gasteiger partial charge in [-0.25, -0.2) is 0 Å². The second kappa shape index (κ2) is 8.64. The van der Waals surface area contributed by atoms with Crippen molar-refractivity contribution in [2.24, 2.45) is 0 Å². The van der Waals surface area contributed by atoms with Gasteiger partial charge < -0.3 is 4.74 Å². The van der Waals surface area contributed by atoms with Crippen LogP contribution in [0.4, 0.5) is 0 Å². The van der Waals surface area contributed by atoms with Gasteiger partial charge in [0, 0.05) is 15.7 Å². The molecule has 0 bridgehead atoms. The third-order valence-corrected chi connectivity index (χ3v) is 7.33. The molecule has 1 aliphatic rings. The molecular weight excluding hydrogens is 396 g/mol. The van der Waals surface area contributed by atoms with Crippen molar-refractivity contribution in [2.75, 3.05) is 0 Å². The zero-order valence-corrected chi connectivity index (χ0v) is 18.8. The minimum atomic E-state index is 0.342. The highest BCUT2D eigenvalue weighted by Gasteiger charge is 2.18. The summed E-state index contributed by atoms with van der Waals surface area (Å²) in [5.74, 6) is 1.30. The van der Waals surface area contributed by atoms with Crippen LogP contribution in [0.3, 0.4) is 0 Å². The first-order valence-corrected chi connectivity index (χ1v) is 11.6. The highest BCUT2D eigenvalue weighted by Crippen LogP contribution is 2.41. The van der Waals surface area contributed by atoms with Crippen LogP contribution in [0.15, 0.2) is 101 Å². The number of hydrogen-bond donors (Lipinski definition) is 0. The van der Waals surface area contributed by atoms with Gasteiger partial charge in [-0.05, 0) is 64.9 Å². The van der Waals surface area contributed by atoms with Gasteiger partial charge in [-0.3, -0.25) is 0 Å². The minimum Gasteiger partial charge on any atom is -0.489 e. The van der Waals surface area contributed by atoms with Gasteiger partial charge in [0.1, 0.15) is 12.4 Å². The second-order valence-electron chi connectivity index (χ2n) is 8.27. The van der Waals surface area contributed by atoms with Gasteiger partial charge in [0.2, 0.25) is 0 Å². The Kier molecular flexibility index (Phi) is 5.57. The average Bonchev–Trinajstić information content (AvgIpc) is 2.81. The summed E-state index contributed by atoms with van der Waals surface area (Å²) >= 11 is 1.89. The Morgan fingerprint density at radius 1 is 0.774 bits per heavy atom. The lowest BCUT2D eigenvalue weighted by atomic mass is 9.90. The van der Waals surface area contributed by atoms with Gasteiger partial charge in [0.25, 0.3) is 0 Å². The van der Waals surface area contributed by atoms with E-state index in [4.69, 9.17) is 4.74 Å². The van der Waals surface area contributed by atoms with Crippen molar-refractivity contribution in [1.29, 1.82) is 0 Å². The summed E-state index contributed by atoms with van der Waals surface area (Å²) in [7, 11) is 0. The molecule has 0 aromatic heterocycles. The van der Waals surface area contributed by atoms with E-state index in [0.717, 1.165) is 12.2 Å². The van der Waals surface area contributed by atoms with E-state index in [-0.39, 0.29) is 0 Å². The van der Waals surface area contributed by atoms with Crippen LogP contribution in [-0.4, -0.2) is 0 Å². The van der Waals surface area contributed by atoms with Crippen molar-refractivity contribution in [3.8, 4) is 5.75 Å². The van der Waals surface area contributed by atoms with Gasteiger partial charge in [-0.1, -0.05) is 91.5 Å². The van der Waals surface area contributed by atoms with E-state index in [2.05, 4.69) is 86.6 Å². The van der Waals surface area contributed by atoms with Crippen LogP contribution in [0.1, 0.15) is 46.2 Å². The number of fused-ring (bicyclic) bond motifs is 2. The zero-order valence-electron chi connectivity index (χ0n) is 18.0. The molecule has 5 rings (SSSR count). The Labute approximate surface area is 189 Å². The molecule has 0 aliphatic carbocycles.